The van der Waals surface area contributed by atoms with Gasteiger partial charge in [-0.05, 0) is 23.8 Å². The fourth-order valence-corrected chi connectivity index (χ4v) is 2.92. The number of hydrogen-bond donors (Lipinski definition) is 1. The molecule has 0 aromatic rings. The van der Waals surface area contributed by atoms with E-state index in [1.807, 2.05) is 0 Å². The van der Waals surface area contributed by atoms with Gasteiger partial charge in [0.15, 0.2) is 5.66 Å². The maximum absolute atomic E-state index is 11.0. The minimum Gasteiger partial charge on any atom is -0.161 e. The molecule has 96 valence electrons. The molecular formula is C13H28O2P+. The molecule has 3 heteroatoms. The standard InChI is InChI=1S/C13H27O2P/c1-3-5-6-7-8-9-10-12-13(11-4-2)16(14)15/h13H,3-12H2,1-2H3/p+1. The van der Waals surface area contributed by atoms with Crippen LogP contribution in [0, 0.1) is 0 Å². The van der Waals surface area contributed by atoms with Crippen molar-refractivity contribution in [3.63, 3.8) is 0 Å². The lowest BCUT2D eigenvalue weighted by atomic mass is 10.1. The monoisotopic (exact) mass is 247 g/mol. The summed E-state index contributed by atoms with van der Waals surface area (Å²) in [5.74, 6) is 0. The molecule has 2 unspecified atom stereocenters. The van der Waals surface area contributed by atoms with Crippen LogP contribution in [0.15, 0.2) is 0 Å². The van der Waals surface area contributed by atoms with Gasteiger partial charge in [-0.15, -0.1) is 0 Å². The van der Waals surface area contributed by atoms with Gasteiger partial charge < -0.3 is 0 Å². The first-order chi connectivity index (χ1) is 7.72. The summed E-state index contributed by atoms with van der Waals surface area (Å²) < 4.78 is 11.0. The van der Waals surface area contributed by atoms with E-state index in [0.29, 0.717) is 0 Å². The van der Waals surface area contributed by atoms with E-state index in [4.69, 9.17) is 4.89 Å². The van der Waals surface area contributed by atoms with E-state index in [0.717, 1.165) is 25.7 Å². The molecule has 0 radical (unpaired) electrons. The average molecular weight is 247 g/mol. The third kappa shape index (κ3) is 9.30. The molecule has 0 saturated carbocycles. The highest BCUT2D eigenvalue weighted by Crippen LogP contribution is 2.30. The van der Waals surface area contributed by atoms with E-state index in [1.165, 1.54) is 38.5 Å². The number of unbranched alkanes of at least 4 members (excludes halogenated alkanes) is 6. The van der Waals surface area contributed by atoms with Gasteiger partial charge in [-0.1, -0.05) is 58.8 Å². The summed E-state index contributed by atoms with van der Waals surface area (Å²) in [6.45, 7) is 4.31. The molecule has 0 heterocycles. The fourth-order valence-electron chi connectivity index (χ4n) is 2.04. The quantitative estimate of drug-likeness (QED) is 0.410. The predicted octanol–water partition coefficient (Wildman–Crippen LogP) is 5.03. The molecule has 1 N–H and O–H groups in total. The molecule has 0 spiro atoms. The van der Waals surface area contributed by atoms with E-state index in [-0.39, 0.29) is 5.66 Å². The Kier molecular flexibility index (Phi) is 11.6. The van der Waals surface area contributed by atoms with Crippen molar-refractivity contribution in [1.29, 1.82) is 0 Å². The Morgan fingerprint density at radius 1 is 0.875 bits per heavy atom. The van der Waals surface area contributed by atoms with Gasteiger partial charge in [0.05, 0.1) is 0 Å². The summed E-state index contributed by atoms with van der Waals surface area (Å²) in [5, 5.41) is 0. The molecule has 0 amide bonds. The molecule has 0 aliphatic carbocycles. The molecule has 0 aromatic carbocycles. The molecule has 0 aliphatic rings. The fraction of sp³-hybridized carbons (Fsp3) is 1.00. The highest BCUT2D eigenvalue weighted by Gasteiger charge is 2.26. The van der Waals surface area contributed by atoms with Crippen LogP contribution in [0.1, 0.15) is 78.1 Å². The number of rotatable bonds is 11. The SMILES string of the molecule is CCCCCCCCCC(CCC)[P+](=O)O. The van der Waals surface area contributed by atoms with Gasteiger partial charge in [0.2, 0.25) is 0 Å². The zero-order valence-corrected chi connectivity index (χ0v) is 11.8. The summed E-state index contributed by atoms with van der Waals surface area (Å²) in [7, 11) is -1.95. The maximum Gasteiger partial charge on any atom is 0.508 e. The summed E-state index contributed by atoms with van der Waals surface area (Å²) in [6, 6.07) is 0. The first-order valence-electron chi connectivity index (χ1n) is 6.87. The minimum absolute atomic E-state index is 0.0515. The van der Waals surface area contributed by atoms with E-state index < -0.39 is 8.03 Å². The van der Waals surface area contributed by atoms with Crippen LogP contribution in [0.2, 0.25) is 0 Å². The highest BCUT2D eigenvalue weighted by molar-refractivity contribution is 7.38. The third-order valence-corrected chi connectivity index (χ3v) is 4.22. The molecule has 0 aliphatic heterocycles. The first kappa shape index (κ1) is 16.1. The lowest BCUT2D eigenvalue weighted by molar-refractivity contribution is 0.468. The Labute approximate surface area is 102 Å². The van der Waals surface area contributed by atoms with Gasteiger partial charge in [0, 0.05) is 0 Å². The van der Waals surface area contributed by atoms with Crippen molar-refractivity contribution in [3.8, 4) is 0 Å². The zero-order chi connectivity index (χ0) is 12.2. The van der Waals surface area contributed by atoms with Crippen LogP contribution in [0.4, 0.5) is 0 Å². The summed E-state index contributed by atoms with van der Waals surface area (Å²) >= 11 is 0. The molecular weight excluding hydrogens is 219 g/mol. The van der Waals surface area contributed by atoms with Crippen molar-refractivity contribution < 1.29 is 9.46 Å². The average Bonchev–Trinajstić information content (AvgIpc) is 2.26. The van der Waals surface area contributed by atoms with Gasteiger partial charge in [-0.3, -0.25) is 0 Å². The van der Waals surface area contributed by atoms with Crippen molar-refractivity contribution in [3.05, 3.63) is 0 Å². The van der Waals surface area contributed by atoms with E-state index in [1.54, 1.807) is 0 Å². The van der Waals surface area contributed by atoms with Crippen molar-refractivity contribution in [2.45, 2.75) is 83.7 Å². The van der Waals surface area contributed by atoms with E-state index >= 15 is 0 Å². The van der Waals surface area contributed by atoms with Crippen LogP contribution in [-0.2, 0) is 4.57 Å². The van der Waals surface area contributed by atoms with Crippen molar-refractivity contribution in [2.75, 3.05) is 0 Å². The van der Waals surface area contributed by atoms with Crippen LogP contribution >= 0.6 is 8.03 Å². The zero-order valence-electron chi connectivity index (χ0n) is 11.0. The van der Waals surface area contributed by atoms with Crippen molar-refractivity contribution in [1.82, 2.24) is 0 Å². The Balaban J connectivity index is 3.37. The number of hydrogen-bond acceptors (Lipinski definition) is 1. The highest BCUT2D eigenvalue weighted by atomic mass is 31.1. The molecule has 2 nitrogen and oxygen atoms in total. The molecule has 0 rings (SSSR count). The Hall–Kier alpha value is 0.0600. The molecule has 0 aromatic heterocycles. The van der Waals surface area contributed by atoms with Crippen LogP contribution in [-0.4, -0.2) is 10.6 Å². The van der Waals surface area contributed by atoms with Crippen LogP contribution < -0.4 is 0 Å². The maximum atomic E-state index is 11.0. The van der Waals surface area contributed by atoms with Crippen molar-refractivity contribution in [2.24, 2.45) is 0 Å². The van der Waals surface area contributed by atoms with Crippen molar-refractivity contribution >= 4 is 8.03 Å². The lowest BCUT2D eigenvalue weighted by Gasteiger charge is -2.03. The summed E-state index contributed by atoms with van der Waals surface area (Å²) in [5.41, 5.74) is 0.0515. The molecule has 16 heavy (non-hydrogen) atoms. The molecule has 0 saturated heterocycles. The minimum atomic E-state index is -1.95. The Morgan fingerprint density at radius 3 is 1.94 bits per heavy atom. The van der Waals surface area contributed by atoms with Gasteiger partial charge in [0.25, 0.3) is 0 Å². The second kappa shape index (κ2) is 11.5. The van der Waals surface area contributed by atoms with Crippen LogP contribution in [0.25, 0.3) is 0 Å². The first-order valence-corrected chi connectivity index (χ1v) is 8.15. The normalized spacial score (nSPS) is 13.8. The topological polar surface area (TPSA) is 37.3 Å². The van der Waals surface area contributed by atoms with Gasteiger partial charge in [-0.2, -0.15) is 4.89 Å². The Bertz CT molecular complexity index is 171. The van der Waals surface area contributed by atoms with Crippen LogP contribution in [0.3, 0.4) is 0 Å². The second-order valence-electron chi connectivity index (χ2n) is 4.66. The smallest absolute Gasteiger partial charge is 0.161 e. The third-order valence-electron chi connectivity index (χ3n) is 3.08. The van der Waals surface area contributed by atoms with E-state index in [9.17, 15) is 4.57 Å². The van der Waals surface area contributed by atoms with Gasteiger partial charge in [0.1, 0.15) is 0 Å². The van der Waals surface area contributed by atoms with Gasteiger partial charge >= 0.3 is 8.03 Å². The van der Waals surface area contributed by atoms with Gasteiger partial charge in [-0.25, -0.2) is 0 Å². The molecule has 0 fully saturated rings. The Morgan fingerprint density at radius 2 is 1.44 bits per heavy atom. The predicted molar refractivity (Wildman–Crippen MR) is 71.1 cm³/mol. The largest absolute Gasteiger partial charge is 0.508 e. The van der Waals surface area contributed by atoms with E-state index in [2.05, 4.69) is 13.8 Å². The lowest BCUT2D eigenvalue weighted by Crippen LogP contribution is -2.01. The summed E-state index contributed by atoms with van der Waals surface area (Å²) in [4.78, 5) is 9.13. The molecule has 2 atom stereocenters. The molecule has 0 bridgehead atoms. The second-order valence-corrected chi connectivity index (χ2v) is 5.99. The van der Waals surface area contributed by atoms with Crippen LogP contribution in [0.5, 0.6) is 0 Å². The summed E-state index contributed by atoms with van der Waals surface area (Å²) in [6.07, 6.45) is 11.8.